The van der Waals surface area contributed by atoms with Crippen molar-refractivity contribution in [1.29, 1.82) is 0 Å². The van der Waals surface area contributed by atoms with Gasteiger partial charge in [-0.3, -0.25) is 0 Å². The number of benzene rings is 1. The third-order valence-corrected chi connectivity index (χ3v) is 6.14. The molecule has 11 heteroatoms. The fourth-order valence-electron chi connectivity index (χ4n) is 3.08. The van der Waals surface area contributed by atoms with Crippen molar-refractivity contribution < 1.29 is 22.8 Å². The van der Waals surface area contributed by atoms with Gasteiger partial charge in [0, 0.05) is 31.1 Å². The lowest BCUT2D eigenvalue weighted by molar-refractivity contribution is -0.209. The van der Waals surface area contributed by atoms with E-state index in [1.807, 2.05) is 20.0 Å². The van der Waals surface area contributed by atoms with E-state index in [-0.39, 0.29) is 18.1 Å². The number of amides is 2. The zero-order valence-corrected chi connectivity index (χ0v) is 16.6. The highest BCUT2D eigenvalue weighted by Gasteiger charge is 2.59. The van der Waals surface area contributed by atoms with Gasteiger partial charge in [-0.15, -0.1) is 10.2 Å². The molecule has 1 N–H and O–H groups in total. The van der Waals surface area contributed by atoms with Gasteiger partial charge in [0.1, 0.15) is 18.0 Å². The first-order valence-electron chi connectivity index (χ1n) is 8.85. The zero-order valence-electron chi connectivity index (χ0n) is 15.8. The molecule has 1 saturated heterocycles. The van der Waals surface area contributed by atoms with Crippen LogP contribution >= 0.6 is 11.8 Å². The van der Waals surface area contributed by atoms with Crippen molar-refractivity contribution in [3.63, 3.8) is 0 Å². The summed E-state index contributed by atoms with van der Waals surface area (Å²) in [5.41, 5.74) is -1.11. The van der Waals surface area contributed by atoms with Gasteiger partial charge in [0.05, 0.1) is 0 Å². The van der Waals surface area contributed by atoms with E-state index in [0.29, 0.717) is 5.69 Å². The Morgan fingerprint density at radius 1 is 1.41 bits per heavy atom. The highest BCUT2D eigenvalue weighted by atomic mass is 32.2. The lowest BCUT2D eigenvalue weighted by Gasteiger charge is -2.26. The Kier molecular flexibility index (Phi) is 5.87. The fraction of sp³-hybridized carbons (Fsp3) is 0.444. The van der Waals surface area contributed by atoms with Crippen molar-refractivity contribution in [3.8, 4) is 0 Å². The number of nitrogens with one attached hydrogen (secondary N) is 1. The van der Waals surface area contributed by atoms with Crippen LogP contribution in [-0.4, -0.2) is 51.2 Å². The minimum Gasteiger partial charge on any atom is -0.323 e. The quantitative estimate of drug-likeness (QED) is 0.582. The van der Waals surface area contributed by atoms with E-state index < -0.39 is 30.6 Å². The molecule has 2 amide bonds. The number of carbonyl (C=O) groups is 2. The van der Waals surface area contributed by atoms with E-state index in [0.717, 1.165) is 15.6 Å². The number of hydrogen-bond acceptors (Lipinski definition) is 5. The van der Waals surface area contributed by atoms with E-state index in [4.69, 9.17) is 0 Å². The first-order valence-corrected chi connectivity index (χ1v) is 9.73. The summed E-state index contributed by atoms with van der Waals surface area (Å²) in [5.74, 6) is 0. The second-order valence-corrected chi connectivity index (χ2v) is 8.29. The number of nitrogens with zero attached hydrogens (tertiary/aromatic N) is 4. The van der Waals surface area contributed by atoms with Gasteiger partial charge in [-0.2, -0.15) is 13.2 Å². The van der Waals surface area contributed by atoms with E-state index in [9.17, 15) is 22.8 Å². The van der Waals surface area contributed by atoms with Crippen molar-refractivity contribution >= 4 is 29.8 Å². The number of rotatable bonds is 5. The smallest absolute Gasteiger partial charge is 0.323 e. The van der Waals surface area contributed by atoms with Crippen LogP contribution in [0.5, 0.6) is 0 Å². The number of aromatic nitrogens is 3. The summed E-state index contributed by atoms with van der Waals surface area (Å²) in [4.78, 5) is 24.5. The van der Waals surface area contributed by atoms with E-state index in [2.05, 4.69) is 15.5 Å². The molecular formula is C18H20F3N5O2S. The Bertz CT molecular complexity index is 904. The molecule has 1 fully saturated rings. The van der Waals surface area contributed by atoms with Crippen LogP contribution in [0.25, 0.3) is 0 Å². The summed E-state index contributed by atoms with van der Waals surface area (Å²) in [6, 6.07) is 6.41. The monoisotopic (exact) mass is 427 g/mol. The summed E-state index contributed by atoms with van der Waals surface area (Å²) in [5, 5.41) is 11.2. The number of aryl methyl sites for hydroxylation is 1. The van der Waals surface area contributed by atoms with E-state index >= 15 is 0 Å². The fourth-order valence-corrected chi connectivity index (χ4v) is 3.98. The molecular weight excluding hydrogens is 407 g/mol. The summed E-state index contributed by atoms with van der Waals surface area (Å²) in [6.45, 7) is 1.16. The molecule has 29 heavy (non-hydrogen) atoms. The molecule has 1 unspecified atom stereocenters. The number of halogens is 3. The van der Waals surface area contributed by atoms with E-state index in [1.54, 1.807) is 29.1 Å². The standard InChI is InChI=1S/C18H20F3N5O2S/c1-12(29-16-24-22-11-25(16)2)13-4-3-5-14(8-13)23-15(28)26-7-6-17(9-26,10-27)18(19,20)21/h3-5,8,10-12H,6-7,9H2,1-2H3,(H,23,28)/t12-,17?/m0/s1. The van der Waals surface area contributed by atoms with Crippen LogP contribution in [0.4, 0.5) is 23.7 Å². The number of anilines is 1. The predicted octanol–water partition coefficient (Wildman–Crippen LogP) is 3.65. The molecule has 0 saturated carbocycles. The minimum atomic E-state index is -4.68. The maximum Gasteiger partial charge on any atom is 0.402 e. The normalized spacial score (nSPS) is 20.5. The molecule has 3 rings (SSSR count). The van der Waals surface area contributed by atoms with Crippen LogP contribution in [0.15, 0.2) is 35.7 Å². The van der Waals surface area contributed by atoms with Crippen molar-refractivity contribution in [2.45, 2.75) is 29.9 Å². The van der Waals surface area contributed by atoms with Crippen LogP contribution in [0.2, 0.25) is 0 Å². The van der Waals surface area contributed by atoms with Gasteiger partial charge < -0.3 is 19.6 Å². The van der Waals surface area contributed by atoms with Crippen LogP contribution in [0.3, 0.4) is 0 Å². The van der Waals surface area contributed by atoms with Gasteiger partial charge in [-0.05, 0) is 31.0 Å². The maximum absolute atomic E-state index is 13.2. The number of urea groups is 1. The third-order valence-electron chi connectivity index (χ3n) is 4.94. The molecule has 7 nitrogen and oxygen atoms in total. The summed E-state index contributed by atoms with van der Waals surface area (Å²) < 4.78 is 41.4. The van der Waals surface area contributed by atoms with Gasteiger partial charge in [0.2, 0.25) is 0 Å². The molecule has 1 aromatic carbocycles. The highest BCUT2D eigenvalue weighted by molar-refractivity contribution is 7.99. The Hall–Kier alpha value is -2.56. The lowest BCUT2D eigenvalue weighted by atomic mass is 9.88. The van der Waals surface area contributed by atoms with Crippen LogP contribution in [0, 0.1) is 5.41 Å². The molecule has 0 radical (unpaired) electrons. The largest absolute Gasteiger partial charge is 0.402 e. The molecule has 1 aliphatic rings. The highest BCUT2D eigenvalue weighted by Crippen LogP contribution is 2.44. The molecule has 0 spiro atoms. The SMILES string of the molecule is C[C@H](Sc1nncn1C)c1cccc(NC(=O)N2CCC(C=O)(C(F)(F)F)C2)c1. The molecule has 0 bridgehead atoms. The molecule has 1 aliphatic heterocycles. The number of carbonyl (C=O) groups excluding carboxylic acids is 2. The van der Waals surface area contributed by atoms with Gasteiger partial charge in [0.25, 0.3) is 0 Å². The summed E-state index contributed by atoms with van der Waals surface area (Å²) in [7, 11) is 1.84. The molecule has 2 atom stereocenters. The van der Waals surface area contributed by atoms with Crippen molar-refractivity contribution in [1.82, 2.24) is 19.7 Å². The topological polar surface area (TPSA) is 80.1 Å². The van der Waals surface area contributed by atoms with Gasteiger partial charge in [-0.25, -0.2) is 4.79 Å². The molecule has 1 aromatic heterocycles. The second-order valence-electron chi connectivity index (χ2n) is 6.98. The number of alkyl halides is 3. The summed E-state index contributed by atoms with van der Waals surface area (Å²) in [6.07, 6.45) is -3.61. The Balaban J connectivity index is 1.67. The van der Waals surface area contributed by atoms with Gasteiger partial charge in [0.15, 0.2) is 5.16 Å². The predicted molar refractivity (Wildman–Crippen MR) is 101 cm³/mol. The number of likely N-dealkylation sites (tertiary alicyclic amines) is 1. The number of thioether (sulfide) groups is 1. The van der Waals surface area contributed by atoms with Crippen LogP contribution < -0.4 is 5.32 Å². The maximum atomic E-state index is 13.2. The molecule has 2 heterocycles. The Labute approximate surface area is 169 Å². The first-order chi connectivity index (χ1) is 13.6. The number of aldehydes is 1. The summed E-state index contributed by atoms with van der Waals surface area (Å²) >= 11 is 1.49. The van der Waals surface area contributed by atoms with E-state index in [1.165, 1.54) is 11.8 Å². The molecule has 0 aliphatic carbocycles. The lowest BCUT2D eigenvalue weighted by Crippen LogP contribution is -2.43. The van der Waals surface area contributed by atoms with Crippen molar-refractivity contribution in [3.05, 3.63) is 36.2 Å². The van der Waals surface area contributed by atoms with Crippen molar-refractivity contribution in [2.24, 2.45) is 12.5 Å². The average Bonchev–Trinajstić information content (AvgIpc) is 3.29. The minimum absolute atomic E-state index is 0.00878. The Morgan fingerprint density at radius 3 is 2.76 bits per heavy atom. The molecule has 2 aromatic rings. The van der Waals surface area contributed by atoms with Gasteiger partial charge >= 0.3 is 12.2 Å². The average molecular weight is 427 g/mol. The Morgan fingerprint density at radius 2 is 2.17 bits per heavy atom. The third kappa shape index (κ3) is 4.39. The zero-order chi connectivity index (χ0) is 21.2. The van der Waals surface area contributed by atoms with Crippen LogP contribution in [0.1, 0.15) is 24.2 Å². The number of hydrogen-bond donors (Lipinski definition) is 1. The first kappa shape index (κ1) is 21.2. The van der Waals surface area contributed by atoms with Crippen molar-refractivity contribution in [2.75, 3.05) is 18.4 Å². The van der Waals surface area contributed by atoms with Gasteiger partial charge in [-0.1, -0.05) is 23.9 Å². The second kappa shape index (κ2) is 8.05. The van der Waals surface area contributed by atoms with Crippen LogP contribution in [-0.2, 0) is 11.8 Å². The molecule has 156 valence electrons.